The molecule has 0 saturated carbocycles. The molecule has 3 aromatic rings. The van der Waals surface area contributed by atoms with E-state index in [2.05, 4.69) is 10.1 Å². The molecule has 0 bridgehead atoms. The number of aliphatic hydroxyl groups excluding tert-OH is 1. The van der Waals surface area contributed by atoms with Crippen molar-refractivity contribution in [1.82, 2.24) is 14.5 Å². The van der Waals surface area contributed by atoms with E-state index in [0.29, 0.717) is 18.1 Å². The molecule has 1 fully saturated rings. The summed E-state index contributed by atoms with van der Waals surface area (Å²) >= 11 is 0. The highest BCUT2D eigenvalue weighted by Gasteiger charge is 2.50. The number of methoxy groups -OCH3 is 1. The van der Waals surface area contributed by atoms with E-state index in [4.69, 9.17) is 9.57 Å². The van der Waals surface area contributed by atoms with Crippen LogP contribution in [0.25, 0.3) is 11.8 Å². The highest BCUT2D eigenvalue weighted by molar-refractivity contribution is 6.03. The van der Waals surface area contributed by atoms with Gasteiger partial charge in [0.1, 0.15) is 24.0 Å². The first-order valence-corrected chi connectivity index (χ1v) is 11.0. The van der Waals surface area contributed by atoms with Gasteiger partial charge in [0.2, 0.25) is 0 Å². The minimum Gasteiger partial charge on any atom is -0.495 e. The van der Waals surface area contributed by atoms with Crippen molar-refractivity contribution < 1.29 is 23.5 Å². The van der Waals surface area contributed by atoms with E-state index >= 15 is 0 Å². The highest BCUT2D eigenvalue weighted by atomic mass is 19.1. The van der Waals surface area contributed by atoms with Crippen LogP contribution in [0.4, 0.5) is 8.78 Å². The number of aromatic nitrogens is 2. The van der Waals surface area contributed by atoms with E-state index in [-0.39, 0.29) is 5.56 Å². The first-order chi connectivity index (χ1) is 16.4. The Labute approximate surface area is 195 Å². The van der Waals surface area contributed by atoms with Crippen molar-refractivity contribution in [3.8, 4) is 11.4 Å². The second-order valence-corrected chi connectivity index (χ2v) is 8.35. The average Bonchev–Trinajstić information content (AvgIpc) is 3.45. The monoisotopic (exact) mass is 466 g/mol. The summed E-state index contributed by atoms with van der Waals surface area (Å²) < 4.78 is 36.1. The molecule has 3 heterocycles. The van der Waals surface area contributed by atoms with E-state index < -0.39 is 24.0 Å². The molecule has 0 amide bonds. The molecule has 0 radical (unpaired) electrons. The quantitative estimate of drug-likeness (QED) is 0.612. The molecule has 1 N–H and O–H groups in total. The van der Waals surface area contributed by atoms with Gasteiger partial charge in [-0.1, -0.05) is 11.2 Å². The zero-order valence-corrected chi connectivity index (χ0v) is 18.8. The number of hydrogen-bond donors (Lipinski definition) is 1. The lowest BCUT2D eigenvalue weighted by Crippen LogP contribution is -2.51. The first kappa shape index (κ1) is 22.1. The second-order valence-electron chi connectivity index (χ2n) is 8.35. The number of halogens is 2. The minimum atomic E-state index is -1.61. The molecule has 9 heteroatoms. The predicted molar refractivity (Wildman–Crippen MR) is 122 cm³/mol. The van der Waals surface area contributed by atoms with Crippen molar-refractivity contribution in [1.29, 1.82) is 0 Å². The summed E-state index contributed by atoms with van der Waals surface area (Å²) in [5.41, 5.74) is 1.82. The number of benzene rings is 2. The summed E-state index contributed by atoms with van der Waals surface area (Å²) in [7, 11) is 1.61. The normalized spacial score (nSPS) is 20.8. The third-order valence-corrected chi connectivity index (χ3v) is 6.19. The summed E-state index contributed by atoms with van der Waals surface area (Å²) in [4.78, 5) is 11.6. The van der Waals surface area contributed by atoms with Gasteiger partial charge < -0.3 is 24.1 Å². The minimum absolute atomic E-state index is 0.0864. The molecular formula is C25H24F2N4O3. The van der Waals surface area contributed by atoms with Crippen molar-refractivity contribution in [2.24, 2.45) is 5.16 Å². The molecule has 0 aliphatic carbocycles. The molecule has 1 atom stereocenters. The van der Waals surface area contributed by atoms with Gasteiger partial charge >= 0.3 is 0 Å². The molecule has 1 aromatic heterocycles. The lowest BCUT2D eigenvalue weighted by molar-refractivity contribution is -0.139. The van der Waals surface area contributed by atoms with Crippen LogP contribution in [0.3, 0.4) is 0 Å². The maximum atomic E-state index is 14.6. The number of imidazole rings is 1. The van der Waals surface area contributed by atoms with Gasteiger partial charge in [0.05, 0.1) is 30.4 Å². The van der Waals surface area contributed by atoms with Crippen LogP contribution in [0.2, 0.25) is 0 Å². The number of aryl methyl sites for hydroxylation is 1. The van der Waals surface area contributed by atoms with Crippen LogP contribution in [-0.4, -0.2) is 45.7 Å². The lowest BCUT2D eigenvalue weighted by Gasteiger charge is -2.38. The van der Waals surface area contributed by atoms with Gasteiger partial charge in [0.25, 0.3) is 5.72 Å². The second kappa shape index (κ2) is 8.57. The number of aliphatic hydroxyl groups is 1. The fourth-order valence-electron chi connectivity index (χ4n) is 4.53. The Morgan fingerprint density at radius 1 is 1.24 bits per heavy atom. The van der Waals surface area contributed by atoms with Gasteiger partial charge in [-0.25, -0.2) is 13.8 Å². The Bertz CT molecular complexity index is 1300. The number of amidine groups is 1. The Morgan fingerprint density at radius 2 is 2.09 bits per heavy atom. The summed E-state index contributed by atoms with van der Waals surface area (Å²) in [6, 6.07) is 8.92. The molecule has 0 spiro atoms. The maximum Gasteiger partial charge on any atom is 0.263 e. The molecule has 2 aromatic carbocycles. The van der Waals surface area contributed by atoms with Gasteiger partial charge in [-0.3, -0.25) is 0 Å². The third kappa shape index (κ3) is 3.62. The number of rotatable bonds is 5. The fraction of sp³-hybridized carbons (Fsp3) is 0.280. The molecule has 34 heavy (non-hydrogen) atoms. The summed E-state index contributed by atoms with van der Waals surface area (Å²) in [6.45, 7) is 1.82. The molecule has 176 valence electrons. The number of hydrogen-bond acceptors (Lipinski definition) is 6. The van der Waals surface area contributed by atoms with E-state index in [1.165, 1.54) is 0 Å². The topological polar surface area (TPSA) is 72.1 Å². The van der Waals surface area contributed by atoms with Crippen molar-refractivity contribution >= 4 is 11.9 Å². The van der Waals surface area contributed by atoms with Gasteiger partial charge in [0.15, 0.2) is 5.84 Å². The highest BCUT2D eigenvalue weighted by Crippen LogP contribution is 2.41. The van der Waals surface area contributed by atoms with Crippen molar-refractivity contribution in [2.75, 3.05) is 20.3 Å². The molecular weight excluding hydrogens is 442 g/mol. The van der Waals surface area contributed by atoms with E-state index in [9.17, 15) is 13.9 Å². The molecule has 2 aliphatic heterocycles. The summed E-state index contributed by atoms with van der Waals surface area (Å²) in [5, 5.41) is 14.4. The van der Waals surface area contributed by atoms with E-state index in [0.717, 1.165) is 53.6 Å². The maximum absolute atomic E-state index is 14.6. The molecule has 2 aliphatic rings. The molecule has 1 unspecified atom stereocenters. The number of piperidine rings is 1. The molecule has 1 saturated heterocycles. The number of ether oxygens (including phenoxy) is 1. The SMILES string of the molecule is COc1cc(/C=C2\CCCN3C2=NOC3(CO)c2cc(F)ccc2F)ccc1-n1cnc(C)c1. The van der Waals surface area contributed by atoms with E-state index in [1.807, 2.05) is 42.0 Å². The molecule has 5 rings (SSSR count). The van der Waals surface area contributed by atoms with Crippen molar-refractivity contribution in [2.45, 2.75) is 25.5 Å². The zero-order chi connectivity index (χ0) is 23.9. The Morgan fingerprint density at radius 3 is 2.82 bits per heavy atom. The predicted octanol–water partition coefficient (Wildman–Crippen LogP) is 4.14. The smallest absolute Gasteiger partial charge is 0.263 e. The van der Waals surface area contributed by atoms with Crippen LogP contribution in [0.15, 0.2) is 59.7 Å². The lowest BCUT2D eigenvalue weighted by atomic mass is 9.94. The van der Waals surface area contributed by atoms with Crippen molar-refractivity contribution in [3.63, 3.8) is 0 Å². The van der Waals surface area contributed by atoms with Gasteiger partial charge in [-0.15, -0.1) is 0 Å². The van der Waals surface area contributed by atoms with Gasteiger partial charge in [-0.2, -0.15) is 0 Å². The molecule has 7 nitrogen and oxygen atoms in total. The van der Waals surface area contributed by atoms with Crippen LogP contribution < -0.4 is 4.74 Å². The first-order valence-electron chi connectivity index (χ1n) is 11.0. The van der Waals surface area contributed by atoms with E-state index in [1.54, 1.807) is 18.3 Å². The number of fused-ring (bicyclic) bond motifs is 1. The van der Waals surface area contributed by atoms with Crippen LogP contribution >= 0.6 is 0 Å². The largest absolute Gasteiger partial charge is 0.495 e. The summed E-state index contributed by atoms with van der Waals surface area (Å²) in [5.74, 6) is -0.111. The van der Waals surface area contributed by atoms with Gasteiger partial charge in [-0.05, 0) is 67.3 Å². The standard InChI is InChI=1S/C25H24F2N4O3/c1-16-13-30(15-28-16)22-8-5-17(11-23(22)33-2)10-18-4-3-9-31-24(18)29-34-25(31,14-32)20-12-19(26)6-7-21(20)27/h5-8,10-13,15,32H,3-4,9,14H2,1-2H3/b18-10+. The third-order valence-electron chi connectivity index (χ3n) is 6.19. The summed E-state index contributed by atoms with van der Waals surface area (Å²) in [6.07, 6.45) is 7.07. The Kier molecular flexibility index (Phi) is 5.57. The number of oxime groups is 1. The van der Waals surface area contributed by atoms with Gasteiger partial charge in [0, 0.05) is 12.7 Å². The van der Waals surface area contributed by atoms with Crippen LogP contribution in [-0.2, 0) is 10.6 Å². The van der Waals surface area contributed by atoms with Crippen LogP contribution in [0, 0.1) is 18.6 Å². The van der Waals surface area contributed by atoms with Crippen LogP contribution in [0.5, 0.6) is 5.75 Å². The zero-order valence-electron chi connectivity index (χ0n) is 18.8. The average molecular weight is 466 g/mol. The van der Waals surface area contributed by atoms with Crippen molar-refractivity contribution in [3.05, 3.63) is 83.0 Å². The Balaban J connectivity index is 1.49. The Hall–Kier alpha value is -3.72. The fourth-order valence-corrected chi connectivity index (χ4v) is 4.53. The number of nitrogens with zero attached hydrogens (tertiary/aromatic N) is 4. The van der Waals surface area contributed by atoms with Crippen LogP contribution in [0.1, 0.15) is 29.7 Å².